The van der Waals surface area contributed by atoms with Crippen LogP contribution < -0.4 is 0 Å². The number of hydrogen-bond acceptors (Lipinski definition) is 8. The highest BCUT2D eigenvalue weighted by molar-refractivity contribution is 5.66. The van der Waals surface area contributed by atoms with E-state index in [1.807, 2.05) is 0 Å². The Morgan fingerprint density at radius 3 is 2.42 bits per heavy atom. The molecule has 19 heavy (non-hydrogen) atoms. The van der Waals surface area contributed by atoms with Crippen LogP contribution in [0.4, 0.5) is 0 Å². The average Bonchev–Trinajstić information content (AvgIpc) is 2.26. The zero-order valence-electron chi connectivity index (χ0n) is 11.2. The van der Waals surface area contributed by atoms with Gasteiger partial charge < -0.3 is 20.0 Å². The fourth-order valence-electron chi connectivity index (χ4n) is 0.831. The van der Waals surface area contributed by atoms with Crippen LogP contribution in [0.15, 0.2) is 10.6 Å². The lowest BCUT2D eigenvalue weighted by molar-refractivity contribution is -0.701. The van der Waals surface area contributed by atoms with Gasteiger partial charge in [-0.05, 0) is 6.92 Å². The molecule has 11 heteroatoms. The monoisotopic (exact) mass is 279 g/mol. The maximum absolute atomic E-state index is 11.1. The van der Waals surface area contributed by atoms with Gasteiger partial charge in [0, 0.05) is 6.92 Å². The SMILES string of the molecule is CC(=O)OC(C)C[N+]([O-])=NOCON=[N+]([O-])N(C)C. The van der Waals surface area contributed by atoms with Crippen LogP contribution in [0.1, 0.15) is 13.8 Å². The van der Waals surface area contributed by atoms with E-state index in [1.54, 1.807) is 0 Å². The molecule has 0 spiro atoms. The quantitative estimate of drug-likeness (QED) is 0.155. The van der Waals surface area contributed by atoms with E-state index in [4.69, 9.17) is 4.74 Å². The Labute approximate surface area is 109 Å². The van der Waals surface area contributed by atoms with Gasteiger partial charge in [0.25, 0.3) is 6.79 Å². The highest BCUT2D eigenvalue weighted by Gasteiger charge is 2.11. The Bertz CT molecular complexity index is 345. The molecule has 0 saturated carbocycles. The molecule has 1 atom stereocenters. The number of hydrazine groups is 1. The van der Waals surface area contributed by atoms with Crippen LogP contribution in [0.25, 0.3) is 0 Å². The van der Waals surface area contributed by atoms with Gasteiger partial charge in [0.15, 0.2) is 6.10 Å². The predicted molar refractivity (Wildman–Crippen MR) is 58.9 cm³/mol. The largest absolute Gasteiger partial charge is 0.597 e. The van der Waals surface area contributed by atoms with Gasteiger partial charge >= 0.3 is 5.97 Å². The Kier molecular flexibility index (Phi) is 7.65. The molecule has 0 aromatic heterocycles. The molecule has 0 rings (SSSR count). The van der Waals surface area contributed by atoms with E-state index in [0.717, 1.165) is 5.01 Å². The molecule has 110 valence electrons. The minimum atomic E-state index is -0.626. The van der Waals surface area contributed by atoms with Crippen LogP contribution in [-0.4, -0.2) is 54.3 Å². The molecule has 0 aromatic carbocycles. The van der Waals surface area contributed by atoms with Crippen LogP contribution in [0, 0.1) is 10.4 Å². The third-order valence-corrected chi connectivity index (χ3v) is 1.50. The van der Waals surface area contributed by atoms with E-state index in [0.29, 0.717) is 0 Å². The maximum Gasteiger partial charge on any atom is 0.303 e. The third-order valence-electron chi connectivity index (χ3n) is 1.50. The molecule has 0 bridgehead atoms. The molecule has 0 saturated heterocycles. The average molecular weight is 279 g/mol. The number of rotatable bonds is 8. The lowest BCUT2D eigenvalue weighted by Gasteiger charge is -2.08. The van der Waals surface area contributed by atoms with Gasteiger partial charge in [-0.25, -0.2) is 0 Å². The summed E-state index contributed by atoms with van der Waals surface area (Å²) in [6.45, 7) is 2.06. The summed E-state index contributed by atoms with van der Waals surface area (Å²) in [4.78, 5) is 19.8. The second-order valence-electron chi connectivity index (χ2n) is 3.59. The standard InChI is InChI=1S/C8H17N5O6/c1-7(19-8(2)14)5-12(15)9-17-6-18-10-13(16)11(3)4/h7H,5-6H2,1-4H3. The topological polar surface area (TPSA) is 125 Å². The maximum atomic E-state index is 11.1. The van der Waals surface area contributed by atoms with E-state index >= 15 is 0 Å². The van der Waals surface area contributed by atoms with Crippen molar-refractivity contribution in [1.29, 1.82) is 0 Å². The number of nitrogens with zero attached hydrogens (tertiary/aromatic N) is 5. The van der Waals surface area contributed by atoms with Crippen molar-refractivity contribution >= 4 is 5.97 Å². The first-order valence-corrected chi connectivity index (χ1v) is 5.25. The number of esters is 1. The van der Waals surface area contributed by atoms with Crippen LogP contribution in [0.3, 0.4) is 0 Å². The van der Waals surface area contributed by atoms with Gasteiger partial charge in [-0.3, -0.25) is 9.63 Å². The Hall–Kier alpha value is -2.33. The zero-order chi connectivity index (χ0) is 14.8. The van der Waals surface area contributed by atoms with Crippen molar-refractivity contribution in [2.45, 2.75) is 20.0 Å². The minimum Gasteiger partial charge on any atom is -0.597 e. The molecule has 0 aromatic rings. The van der Waals surface area contributed by atoms with Crippen molar-refractivity contribution in [3.63, 3.8) is 0 Å². The molecule has 0 aliphatic rings. The number of ether oxygens (including phenoxy) is 1. The van der Waals surface area contributed by atoms with Crippen molar-refractivity contribution in [2.75, 3.05) is 27.4 Å². The molecule has 0 aliphatic heterocycles. The summed E-state index contributed by atoms with van der Waals surface area (Å²) >= 11 is 0. The third kappa shape index (κ3) is 9.38. The van der Waals surface area contributed by atoms with Crippen molar-refractivity contribution in [3.05, 3.63) is 10.4 Å². The van der Waals surface area contributed by atoms with E-state index in [1.165, 1.54) is 27.9 Å². The van der Waals surface area contributed by atoms with Gasteiger partial charge in [0.2, 0.25) is 17.1 Å². The highest BCUT2D eigenvalue weighted by atomic mass is 16.8. The number of hydroxylamine groups is 1. The van der Waals surface area contributed by atoms with Crippen LogP contribution in [0.2, 0.25) is 0 Å². The molecule has 0 N–H and O–H groups in total. The van der Waals surface area contributed by atoms with Crippen LogP contribution in [-0.2, 0) is 19.2 Å². The van der Waals surface area contributed by atoms with Crippen LogP contribution in [0.5, 0.6) is 0 Å². The number of carbonyl (C=O) groups excluding carboxylic acids is 1. The zero-order valence-corrected chi connectivity index (χ0v) is 11.2. The fourth-order valence-corrected chi connectivity index (χ4v) is 0.831. The molecular formula is C8H17N5O6. The Balaban J connectivity index is 3.88. The second kappa shape index (κ2) is 8.72. The highest BCUT2D eigenvalue weighted by Crippen LogP contribution is 1.93. The van der Waals surface area contributed by atoms with Gasteiger partial charge in [-0.15, -0.1) is 0 Å². The Morgan fingerprint density at radius 2 is 1.89 bits per heavy atom. The van der Waals surface area contributed by atoms with Gasteiger partial charge in [-0.2, -0.15) is 5.01 Å². The predicted octanol–water partition coefficient (Wildman–Crippen LogP) is 0.160. The van der Waals surface area contributed by atoms with Crippen molar-refractivity contribution in [3.8, 4) is 0 Å². The first kappa shape index (κ1) is 16.7. The molecule has 0 aliphatic carbocycles. The molecule has 0 radical (unpaired) electrons. The smallest absolute Gasteiger partial charge is 0.303 e. The van der Waals surface area contributed by atoms with Crippen molar-refractivity contribution in [1.82, 2.24) is 5.01 Å². The summed E-state index contributed by atoms with van der Waals surface area (Å²) in [6, 6.07) is 0. The summed E-state index contributed by atoms with van der Waals surface area (Å²) in [5.74, 6) is -0.497. The lowest BCUT2D eigenvalue weighted by atomic mass is 10.4. The summed E-state index contributed by atoms with van der Waals surface area (Å²) in [5, 5.41) is 29.2. The van der Waals surface area contributed by atoms with Crippen LogP contribution >= 0.6 is 0 Å². The normalized spacial score (nSPS) is 13.7. The molecule has 0 heterocycles. The van der Waals surface area contributed by atoms with Gasteiger partial charge in [-0.1, -0.05) is 4.86 Å². The first-order valence-electron chi connectivity index (χ1n) is 5.25. The van der Waals surface area contributed by atoms with Crippen molar-refractivity contribution in [2.24, 2.45) is 10.6 Å². The molecule has 1 unspecified atom stereocenters. The van der Waals surface area contributed by atoms with Gasteiger partial charge in [0.05, 0.1) is 19.1 Å². The first-order chi connectivity index (χ1) is 8.82. The fraction of sp³-hybridized carbons (Fsp3) is 0.875. The lowest BCUT2D eigenvalue weighted by Crippen LogP contribution is -2.22. The van der Waals surface area contributed by atoms with E-state index in [9.17, 15) is 15.2 Å². The van der Waals surface area contributed by atoms with E-state index in [2.05, 4.69) is 20.2 Å². The molecule has 0 fully saturated rings. The minimum absolute atomic E-state index is 0.168. The summed E-state index contributed by atoms with van der Waals surface area (Å²) in [5.41, 5.74) is 0. The van der Waals surface area contributed by atoms with E-state index < -0.39 is 18.9 Å². The van der Waals surface area contributed by atoms with Crippen molar-refractivity contribution < 1.29 is 29.0 Å². The van der Waals surface area contributed by atoms with Gasteiger partial charge in [0.1, 0.15) is 0 Å². The molecular weight excluding hydrogens is 262 g/mol. The summed E-state index contributed by atoms with van der Waals surface area (Å²) in [6.07, 6.45) is -0.626. The summed E-state index contributed by atoms with van der Waals surface area (Å²) < 4.78 is 4.71. The Morgan fingerprint density at radius 1 is 1.32 bits per heavy atom. The molecule has 11 nitrogen and oxygen atoms in total. The van der Waals surface area contributed by atoms with E-state index in [-0.39, 0.29) is 16.4 Å². The molecule has 0 amide bonds. The number of hydrogen-bond donors (Lipinski definition) is 0. The summed E-state index contributed by atoms with van der Waals surface area (Å²) in [7, 11) is 2.92. The second-order valence-corrected chi connectivity index (χ2v) is 3.59. The number of carbonyl (C=O) groups is 1.